The number of carbonyl (C=O) groups excluding carboxylic acids is 2. The Morgan fingerprint density at radius 2 is 1.97 bits per heavy atom. The molecule has 3 aliphatic rings. The zero-order valence-electron chi connectivity index (χ0n) is 20.2. The standard InChI is InChI=1S/C26H24F2N6O3/c1-12-7-16(28)21-14-8-13-10-34(11-17(29)23(13)33(2)26(36)37-24(12)14)20-5-6-30-9-19(20)32-25(35)18-4-3-15(27)22(21)31-18/h3-7,9,13,17,23H,8,10-11,29H2,1-2H3,(H,32,35). The highest BCUT2D eigenvalue weighted by atomic mass is 19.1. The first-order chi connectivity index (χ1) is 17.7. The van der Waals surface area contributed by atoms with Gasteiger partial charge in [0.05, 0.1) is 23.6 Å². The number of aryl methyl sites for hydroxylation is 1. The molecule has 1 fully saturated rings. The number of anilines is 2. The minimum absolute atomic E-state index is 0.103. The van der Waals surface area contributed by atoms with Gasteiger partial charge in [-0.1, -0.05) is 0 Å². The van der Waals surface area contributed by atoms with Crippen LogP contribution in [0.5, 0.6) is 5.75 Å². The van der Waals surface area contributed by atoms with Gasteiger partial charge >= 0.3 is 6.09 Å². The van der Waals surface area contributed by atoms with Crippen molar-refractivity contribution in [1.29, 1.82) is 0 Å². The number of likely N-dealkylation sites (N-methyl/N-ethyl adjacent to an activating group) is 1. The summed E-state index contributed by atoms with van der Waals surface area (Å²) in [5, 5.41) is 2.81. The van der Waals surface area contributed by atoms with Crippen LogP contribution < -0.4 is 20.7 Å². The quantitative estimate of drug-likeness (QED) is 0.482. The first-order valence-corrected chi connectivity index (χ1v) is 11.9. The van der Waals surface area contributed by atoms with Gasteiger partial charge in [-0.2, -0.15) is 0 Å². The fraction of sp³-hybridized carbons (Fsp3) is 0.308. The molecule has 3 aromatic rings. The summed E-state index contributed by atoms with van der Waals surface area (Å²) in [5.74, 6) is -2.24. The Balaban J connectivity index is 1.66. The zero-order chi connectivity index (χ0) is 26.0. The molecule has 2 aromatic heterocycles. The summed E-state index contributed by atoms with van der Waals surface area (Å²) >= 11 is 0. The lowest BCUT2D eigenvalue weighted by molar-refractivity contribution is 0.100. The van der Waals surface area contributed by atoms with Gasteiger partial charge in [-0.25, -0.2) is 18.6 Å². The number of benzene rings is 1. The van der Waals surface area contributed by atoms with Gasteiger partial charge in [-0.3, -0.25) is 9.78 Å². The van der Waals surface area contributed by atoms with Crippen LogP contribution in [-0.4, -0.2) is 59.1 Å². The number of ether oxygens (including phenoxy) is 1. The third-order valence-corrected chi connectivity index (χ3v) is 7.42. The maximum atomic E-state index is 15.6. The maximum Gasteiger partial charge on any atom is 0.415 e. The summed E-state index contributed by atoms with van der Waals surface area (Å²) in [4.78, 5) is 38.3. The topological polar surface area (TPSA) is 114 Å². The highest BCUT2D eigenvalue weighted by Crippen LogP contribution is 2.42. The van der Waals surface area contributed by atoms with Gasteiger partial charge in [0.15, 0.2) is 0 Å². The van der Waals surface area contributed by atoms with Crippen LogP contribution in [0.1, 0.15) is 21.6 Å². The van der Waals surface area contributed by atoms with Crippen molar-refractivity contribution in [2.45, 2.75) is 25.4 Å². The summed E-state index contributed by atoms with van der Waals surface area (Å²) in [5.41, 5.74) is 7.92. The SMILES string of the molecule is Cc1cc(F)c2c3c1OC(=O)N(C)C1C(N)CN(CC1C3)c1ccncc1NC(=O)c1ccc(F)c-2n1. The van der Waals surface area contributed by atoms with Crippen LogP contribution in [0.3, 0.4) is 0 Å². The van der Waals surface area contributed by atoms with Gasteiger partial charge in [-0.15, -0.1) is 0 Å². The molecule has 3 aliphatic heterocycles. The van der Waals surface area contributed by atoms with E-state index < -0.39 is 35.7 Å². The van der Waals surface area contributed by atoms with E-state index in [-0.39, 0.29) is 35.0 Å². The van der Waals surface area contributed by atoms with Crippen LogP contribution in [0.4, 0.5) is 25.0 Å². The molecular weight excluding hydrogens is 482 g/mol. The van der Waals surface area contributed by atoms with Gasteiger partial charge in [-0.05, 0) is 43.2 Å². The number of rotatable bonds is 0. The third-order valence-electron chi connectivity index (χ3n) is 7.42. The van der Waals surface area contributed by atoms with E-state index in [1.807, 2.05) is 4.90 Å². The molecule has 6 rings (SSSR count). The second-order valence-electron chi connectivity index (χ2n) is 9.73. The number of nitrogens with one attached hydrogen (secondary N) is 1. The molecule has 3 atom stereocenters. The number of piperidine rings is 1. The van der Waals surface area contributed by atoms with Gasteiger partial charge < -0.3 is 25.6 Å². The van der Waals surface area contributed by atoms with Crippen LogP contribution in [0.2, 0.25) is 0 Å². The van der Waals surface area contributed by atoms with E-state index in [1.54, 1.807) is 26.2 Å². The molecule has 0 aliphatic carbocycles. The van der Waals surface area contributed by atoms with E-state index in [2.05, 4.69) is 15.3 Å². The fourth-order valence-corrected chi connectivity index (χ4v) is 5.81. The molecule has 5 bridgehead atoms. The van der Waals surface area contributed by atoms with Crippen LogP contribution in [-0.2, 0) is 6.42 Å². The van der Waals surface area contributed by atoms with E-state index in [0.717, 1.165) is 6.07 Å². The first kappa shape index (κ1) is 23.3. The number of carbonyl (C=O) groups is 2. The molecule has 9 nitrogen and oxygen atoms in total. The molecule has 3 unspecified atom stereocenters. The van der Waals surface area contributed by atoms with E-state index in [9.17, 15) is 9.59 Å². The van der Waals surface area contributed by atoms with Gasteiger partial charge in [0.1, 0.15) is 28.8 Å². The fourth-order valence-electron chi connectivity index (χ4n) is 5.81. The van der Waals surface area contributed by atoms with Crippen molar-refractivity contribution in [1.82, 2.24) is 14.9 Å². The molecule has 11 heteroatoms. The van der Waals surface area contributed by atoms with Crippen LogP contribution in [0.15, 0.2) is 36.7 Å². The molecular formula is C26H24F2N6O3. The lowest BCUT2D eigenvalue weighted by atomic mass is 9.80. The predicted octanol–water partition coefficient (Wildman–Crippen LogP) is 3.11. The monoisotopic (exact) mass is 506 g/mol. The number of amides is 2. The molecule has 2 amide bonds. The third kappa shape index (κ3) is 3.69. The minimum atomic E-state index is -0.803. The highest BCUT2D eigenvalue weighted by molar-refractivity contribution is 6.05. The Bertz CT molecular complexity index is 1460. The number of hydrogen-bond donors (Lipinski definition) is 2. The number of hydrogen-bond acceptors (Lipinski definition) is 7. The Labute approximate surface area is 211 Å². The number of pyridine rings is 2. The first-order valence-electron chi connectivity index (χ1n) is 11.9. The van der Waals surface area contributed by atoms with Gasteiger partial charge in [0.25, 0.3) is 5.91 Å². The molecule has 5 heterocycles. The Hall–Kier alpha value is -4.12. The number of halogens is 2. The molecule has 1 aromatic carbocycles. The van der Waals surface area contributed by atoms with Crippen LogP contribution in [0.25, 0.3) is 11.3 Å². The number of fused-ring (bicyclic) bond motifs is 6. The second kappa shape index (κ2) is 8.48. The van der Waals surface area contributed by atoms with Crippen LogP contribution in [0, 0.1) is 24.5 Å². The van der Waals surface area contributed by atoms with Crippen molar-refractivity contribution in [2.24, 2.45) is 11.7 Å². The second-order valence-corrected chi connectivity index (χ2v) is 9.73. The van der Waals surface area contributed by atoms with Crippen molar-refractivity contribution in [3.8, 4) is 17.0 Å². The largest absolute Gasteiger partial charge is 0.415 e. The van der Waals surface area contributed by atoms with E-state index in [0.29, 0.717) is 35.6 Å². The summed E-state index contributed by atoms with van der Waals surface area (Å²) < 4.78 is 36.6. The smallest absolute Gasteiger partial charge is 0.410 e. The normalized spacial score (nSPS) is 22.6. The molecule has 0 saturated carbocycles. The van der Waals surface area contributed by atoms with Gasteiger partial charge in [0, 0.05) is 49.4 Å². The molecule has 1 saturated heterocycles. The maximum absolute atomic E-state index is 15.6. The molecule has 37 heavy (non-hydrogen) atoms. The summed E-state index contributed by atoms with van der Waals surface area (Å²) in [6.07, 6.45) is 2.74. The predicted molar refractivity (Wildman–Crippen MR) is 131 cm³/mol. The molecule has 0 spiro atoms. The zero-order valence-corrected chi connectivity index (χ0v) is 20.2. The number of nitrogens with zero attached hydrogens (tertiary/aromatic N) is 4. The minimum Gasteiger partial charge on any atom is -0.410 e. The van der Waals surface area contributed by atoms with Crippen molar-refractivity contribution in [3.05, 3.63) is 65.1 Å². The van der Waals surface area contributed by atoms with Crippen molar-refractivity contribution in [2.75, 3.05) is 30.4 Å². The molecule has 190 valence electrons. The molecule has 0 radical (unpaired) electrons. The van der Waals surface area contributed by atoms with Crippen molar-refractivity contribution >= 4 is 23.4 Å². The van der Waals surface area contributed by atoms with Crippen molar-refractivity contribution in [3.63, 3.8) is 0 Å². The highest BCUT2D eigenvalue weighted by Gasteiger charge is 2.43. The lowest BCUT2D eigenvalue weighted by Gasteiger charge is -2.48. The van der Waals surface area contributed by atoms with E-state index >= 15 is 8.78 Å². The average molecular weight is 507 g/mol. The summed E-state index contributed by atoms with van der Waals surface area (Å²) in [6, 6.07) is 4.36. The Kier molecular flexibility index (Phi) is 5.34. The van der Waals surface area contributed by atoms with Crippen molar-refractivity contribution < 1.29 is 23.1 Å². The number of aromatic nitrogens is 2. The van der Waals surface area contributed by atoms with Gasteiger partial charge in [0.2, 0.25) is 0 Å². The van der Waals surface area contributed by atoms with E-state index in [1.165, 1.54) is 23.2 Å². The summed E-state index contributed by atoms with van der Waals surface area (Å²) in [6.45, 7) is 2.45. The summed E-state index contributed by atoms with van der Waals surface area (Å²) in [7, 11) is 1.64. The van der Waals surface area contributed by atoms with E-state index in [4.69, 9.17) is 10.5 Å². The lowest BCUT2D eigenvalue weighted by Crippen LogP contribution is -2.64. The Morgan fingerprint density at radius 3 is 2.78 bits per heavy atom. The Morgan fingerprint density at radius 1 is 1.16 bits per heavy atom. The number of nitrogens with two attached hydrogens (primary N) is 1. The van der Waals surface area contributed by atoms with Crippen LogP contribution >= 0.6 is 0 Å². The molecule has 3 N–H and O–H groups in total. The average Bonchev–Trinajstić information content (AvgIpc) is 2.86.